The molecule has 20 heavy (non-hydrogen) atoms. The Morgan fingerprint density at radius 3 is 2.45 bits per heavy atom. The zero-order chi connectivity index (χ0) is 15.2. The van der Waals surface area contributed by atoms with Gasteiger partial charge in [-0.3, -0.25) is 0 Å². The zero-order valence-corrected chi connectivity index (χ0v) is 12.9. The summed E-state index contributed by atoms with van der Waals surface area (Å²) in [7, 11) is 3.25. The predicted octanol–water partition coefficient (Wildman–Crippen LogP) is 2.41. The standard InChI is InChI=1S/C13H18O4.C2H6O/c1-9-4-10(2)12(5-11(9)14)16-7-13(3)6-15-8-17-13;1-3-2/h4-5,14H,6-8H2,1-3H3;1-2H3. The third-order valence-electron chi connectivity index (χ3n) is 2.92. The van der Waals surface area contributed by atoms with Crippen LogP contribution in [-0.2, 0) is 14.2 Å². The van der Waals surface area contributed by atoms with Crippen molar-refractivity contribution in [2.75, 3.05) is 34.2 Å². The Morgan fingerprint density at radius 2 is 1.90 bits per heavy atom. The largest absolute Gasteiger partial charge is 0.508 e. The van der Waals surface area contributed by atoms with Crippen LogP contribution in [0.2, 0.25) is 0 Å². The van der Waals surface area contributed by atoms with Gasteiger partial charge in [-0.2, -0.15) is 0 Å². The van der Waals surface area contributed by atoms with Crippen LogP contribution in [0, 0.1) is 13.8 Å². The molecule has 1 unspecified atom stereocenters. The van der Waals surface area contributed by atoms with Crippen molar-refractivity contribution in [1.29, 1.82) is 0 Å². The fourth-order valence-corrected chi connectivity index (χ4v) is 1.77. The molecule has 1 aliphatic rings. The highest BCUT2D eigenvalue weighted by Gasteiger charge is 2.32. The van der Waals surface area contributed by atoms with Crippen LogP contribution in [0.3, 0.4) is 0 Å². The maximum absolute atomic E-state index is 9.64. The van der Waals surface area contributed by atoms with E-state index in [9.17, 15) is 5.11 Å². The number of phenols is 1. The third kappa shape index (κ3) is 4.67. The second-order valence-electron chi connectivity index (χ2n) is 5.16. The molecule has 1 aromatic carbocycles. The first-order valence-electron chi connectivity index (χ1n) is 6.46. The Morgan fingerprint density at radius 1 is 1.25 bits per heavy atom. The van der Waals surface area contributed by atoms with Crippen molar-refractivity contribution in [1.82, 2.24) is 0 Å². The molecule has 1 N–H and O–H groups in total. The van der Waals surface area contributed by atoms with E-state index in [1.165, 1.54) is 0 Å². The van der Waals surface area contributed by atoms with E-state index < -0.39 is 5.60 Å². The Labute approximate surface area is 120 Å². The molecule has 2 rings (SSSR count). The number of ether oxygens (including phenoxy) is 4. The molecule has 1 aromatic rings. The zero-order valence-electron chi connectivity index (χ0n) is 12.9. The highest BCUT2D eigenvalue weighted by molar-refractivity contribution is 5.44. The Bertz CT molecular complexity index is 425. The summed E-state index contributed by atoms with van der Waals surface area (Å²) >= 11 is 0. The Hall–Kier alpha value is -1.30. The smallest absolute Gasteiger partial charge is 0.147 e. The Balaban J connectivity index is 0.000000612. The van der Waals surface area contributed by atoms with Gasteiger partial charge in [0.2, 0.25) is 0 Å². The average molecular weight is 284 g/mol. The Kier molecular flexibility index (Phi) is 6.26. The number of aromatic hydroxyl groups is 1. The van der Waals surface area contributed by atoms with Gasteiger partial charge in [-0.05, 0) is 38.0 Å². The summed E-state index contributed by atoms with van der Waals surface area (Å²) in [6, 6.07) is 3.54. The van der Waals surface area contributed by atoms with Crippen molar-refractivity contribution >= 4 is 0 Å². The van der Waals surface area contributed by atoms with Gasteiger partial charge >= 0.3 is 0 Å². The molecule has 0 aromatic heterocycles. The van der Waals surface area contributed by atoms with Gasteiger partial charge in [-0.15, -0.1) is 0 Å². The summed E-state index contributed by atoms with van der Waals surface area (Å²) in [6.45, 7) is 7.03. The average Bonchev–Trinajstić information content (AvgIpc) is 2.81. The maximum Gasteiger partial charge on any atom is 0.147 e. The van der Waals surface area contributed by atoms with Crippen LogP contribution in [0.25, 0.3) is 0 Å². The third-order valence-corrected chi connectivity index (χ3v) is 2.92. The normalized spacial score (nSPS) is 21.2. The van der Waals surface area contributed by atoms with Crippen LogP contribution in [0.5, 0.6) is 11.5 Å². The number of rotatable bonds is 3. The molecule has 0 aliphatic carbocycles. The van der Waals surface area contributed by atoms with Crippen molar-refractivity contribution in [3.8, 4) is 11.5 Å². The molecule has 0 saturated carbocycles. The van der Waals surface area contributed by atoms with Crippen LogP contribution in [0.4, 0.5) is 0 Å². The van der Waals surface area contributed by atoms with E-state index in [0.717, 1.165) is 11.1 Å². The topological polar surface area (TPSA) is 57.2 Å². The first-order valence-corrected chi connectivity index (χ1v) is 6.46. The number of hydrogen-bond donors (Lipinski definition) is 1. The van der Waals surface area contributed by atoms with Gasteiger partial charge in [0.25, 0.3) is 0 Å². The van der Waals surface area contributed by atoms with Gasteiger partial charge in [0.05, 0.1) is 6.61 Å². The van der Waals surface area contributed by atoms with Crippen molar-refractivity contribution in [3.05, 3.63) is 23.3 Å². The molecule has 1 fully saturated rings. The van der Waals surface area contributed by atoms with E-state index in [-0.39, 0.29) is 5.75 Å². The number of methoxy groups -OCH3 is 1. The molecule has 114 valence electrons. The van der Waals surface area contributed by atoms with E-state index >= 15 is 0 Å². The quantitative estimate of drug-likeness (QED) is 0.923. The molecule has 1 heterocycles. The van der Waals surface area contributed by atoms with Crippen LogP contribution >= 0.6 is 0 Å². The fraction of sp³-hybridized carbons (Fsp3) is 0.600. The van der Waals surface area contributed by atoms with E-state index in [1.807, 2.05) is 26.8 Å². The predicted molar refractivity (Wildman–Crippen MR) is 76.3 cm³/mol. The summed E-state index contributed by atoms with van der Waals surface area (Å²) in [6.07, 6.45) is 0. The number of aryl methyl sites for hydroxylation is 2. The summed E-state index contributed by atoms with van der Waals surface area (Å²) in [4.78, 5) is 0. The molecule has 1 atom stereocenters. The lowest BCUT2D eigenvalue weighted by Gasteiger charge is -2.22. The first-order chi connectivity index (χ1) is 9.41. The minimum absolute atomic E-state index is 0.249. The van der Waals surface area contributed by atoms with Crippen molar-refractivity contribution in [2.24, 2.45) is 0 Å². The molecule has 5 nitrogen and oxygen atoms in total. The summed E-state index contributed by atoms with van der Waals surface area (Å²) in [5.74, 6) is 0.934. The highest BCUT2D eigenvalue weighted by atomic mass is 16.7. The molecular weight excluding hydrogens is 260 g/mol. The van der Waals surface area contributed by atoms with Crippen molar-refractivity contribution in [3.63, 3.8) is 0 Å². The van der Waals surface area contributed by atoms with Crippen LogP contribution in [0.1, 0.15) is 18.1 Å². The van der Waals surface area contributed by atoms with Gasteiger partial charge in [0.15, 0.2) is 0 Å². The monoisotopic (exact) mass is 284 g/mol. The number of phenolic OH excluding ortho intramolecular Hbond substituents is 1. The lowest BCUT2D eigenvalue weighted by molar-refractivity contribution is -0.0226. The minimum Gasteiger partial charge on any atom is -0.508 e. The second-order valence-corrected chi connectivity index (χ2v) is 5.16. The molecular formula is C15H24O5. The van der Waals surface area contributed by atoms with Gasteiger partial charge < -0.3 is 24.1 Å². The summed E-state index contributed by atoms with van der Waals surface area (Å²) in [5, 5.41) is 9.64. The highest BCUT2D eigenvalue weighted by Crippen LogP contribution is 2.28. The molecule has 1 aliphatic heterocycles. The number of hydrogen-bond acceptors (Lipinski definition) is 5. The second kappa shape index (κ2) is 7.47. The van der Waals surface area contributed by atoms with Gasteiger partial charge in [0.1, 0.15) is 30.5 Å². The molecule has 0 spiro atoms. The minimum atomic E-state index is -0.396. The van der Waals surface area contributed by atoms with Gasteiger partial charge in [0, 0.05) is 20.3 Å². The van der Waals surface area contributed by atoms with E-state index in [2.05, 4.69) is 4.74 Å². The van der Waals surface area contributed by atoms with E-state index in [4.69, 9.17) is 14.2 Å². The maximum atomic E-state index is 9.64. The van der Waals surface area contributed by atoms with Crippen molar-refractivity contribution in [2.45, 2.75) is 26.4 Å². The van der Waals surface area contributed by atoms with Crippen molar-refractivity contribution < 1.29 is 24.1 Å². The fourth-order valence-electron chi connectivity index (χ4n) is 1.77. The molecule has 1 saturated heterocycles. The molecule has 5 heteroatoms. The van der Waals surface area contributed by atoms with Crippen LogP contribution in [-0.4, -0.2) is 44.9 Å². The van der Waals surface area contributed by atoms with Gasteiger partial charge in [-0.1, -0.05) is 0 Å². The first kappa shape index (κ1) is 16.8. The lowest BCUT2D eigenvalue weighted by atomic mass is 10.1. The molecule has 0 bridgehead atoms. The summed E-state index contributed by atoms with van der Waals surface area (Å²) in [5.41, 5.74) is 1.46. The molecule has 0 radical (unpaired) electrons. The SMILES string of the molecule is COC.Cc1cc(C)c(OCC2(C)COCO2)cc1O. The summed E-state index contributed by atoms with van der Waals surface area (Å²) < 4.78 is 20.6. The van der Waals surface area contributed by atoms with Crippen LogP contribution in [0.15, 0.2) is 12.1 Å². The van der Waals surface area contributed by atoms with E-state index in [0.29, 0.717) is 25.8 Å². The van der Waals surface area contributed by atoms with E-state index in [1.54, 1.807) is 20.3 Å². The lowest BCUT2D eigenvalue weighted by Crippen LogP contribution is -2.34. The van der Waals surface area contributed by atoms with Gasteiger partial charge in [-0.25, -0.2) is 0 Å². The van der Waals surface area contributed by atoms with Crippen LogP contribution < -0.4 is 4.74 Å². The number of benzene rings is 1. The molecule has 0 amide bonds.